The number of pyridine rings is 2. The molecule has 2 aliphatic rings. The molecule has 2 fully saturated rings. The van der Waals surface area contributed by atoms with E-state index in [0.717, 1.165) is 69.1 Å². The number of hydrogen-bond acceptors (Lipinski definition) is 12. The van der Waals surface area contributed by atoms with Crippen LogP contribution in [0.2, 0.25) is 0 Å². The van der Waals surface area contributed by atoms with Crippen LogP contribution in [-0.4, -0.2) is 107 Å². The molecule has 6 aromatic rings. The number of likely N-dealkylation sites (N-methyl/N-ethyl adjacent to an activating group) is 2. The molecule has 212 valence electrons. The lowest BCUT2D eigenvalue weighted by Crippen LogP contribution is -2.57. The molecule has 0 spiro atoms. The predicted octanol–water partition coefficient (Wildman–Crippen LogP) is 0.861. The van der Waals surface area contributed by atoms with Gasteiger partial charge in [0.15, 0.2) is 22.9 Å². The highest BCUT2D eigenvalue weighted by molar-refractivity contribution is 9.10. The molecule has 8 rings (SSSR count). The van der Waals surface area contributed by atoms with Gasteiger partial charge in [0.05, 0.1) is 11.0 Å². The molecule has 8 heterocycles. The molecular weight excluding hydrogens is 660 g/mol. The van der Waals surface area contributed by atoms with Crippen LogP contribution in [0.4, 0.5) is 11.6 Å². The molecule has 4 N–H and O–H groups in total. The number of nitrogens with zero attached hydrogens (tertiary/aromatic N) is 12. The van der Waals surface area contributed by atoms with Crippen molar-refractivity contribution in [2.45, 2.75) is 12.1 Å². The fourth-order valence-electron chi connectivity index (χ4n) is 4.89. The minimum Gasteiger partial charge on any atom is -0.412 e. The van der Waals surface area contributed by atoms with Crippen molar-refractivity contribution in [2.75, 3.05) is 50.1 Å². The summed E-state index contributed by atoms with van der Waals surface area (Å²) in [6.07, 6.45) is 6.90. The molecule has 0 radical (unpaired) electrons. The molecule has 2 saturated heterocycles. The SMILES string of the molecule is CNC1CN(c2nc3ncc(Br)cc3n3cnnc23)C1.CNC1CN(c2nc3ncc(Br)cc3n3cnnc23)C1.O. The van der Waals surface area contributed by atoms with Gasteiger partial charge in [-0.2, -0.15) is 0 Å². The minimum atomic E-state index is 0. The Hall–Kier alpha value is -3.64. The fraction of sp³-hybridized carbons (Fsp3) is 0.333. The van der Waals surface area contributed by atoms with Crippen molar-refractivity contribution in [1.82, 2.24) is 59.8 Å². The monoisotopic (exact) mass is 684 g/mol. The largest absolute Gasteiger partial charge is 0.412 e. The summed E-state index contributed by atoms with van der Waals surface area (Å²) in [7, 11) is 3.95. The number of hydrogen-bond donors (Lipinski definition) is 2. The van der Waals surface area contributed by atoms with Crippen LogP contribution >= 0.6 is 31.9 Å². The Morgan fingerprint density at radius 3 is 1.51 bits per heavy atom. The number of aromatic nitrogens is 10. The van der Waals surface area contributed by atoms with Gasteiger partial charge in [0.25, 0.3) is 0 Å². The lowest BCUT2D eigenvalue weighted by molar-refractivity contribution is 0.448. The molecule has 0 unspecified atom stereocenters. The number of rotatable bonds is 4. The first-order valence-electron chi connectivity index (χ1n) is 12.7. The Labute approximate surface area is 250 Å². The van der Waals surface area contributed by atoms with Crippen LogP contribution in [0.5, 0.6) is 0 Å². The molecule has 0 amide bonds. The van der Waals surface area contributed by atoms with Crippen molar-refractivity contribution in [2.24, 2.45) is 0 Å². The molecule has 0 bridgehead atoms. The van der Waals surface area contributed by atoms with Crippen molar-refractivity contribution in [3.8, 4) is 0 Å². The summed E-state index contributed by atoms with van der Waals surface area (Å²) in [5, 5.41) is 22.9. The van der Waals surface area contributed by atoms with E-state index in [0.29, 0.717) is 23.4 Å². The fourth-order valence-corrected chi connectivity index (χ4v) is 5.53. The third kappa shape index (κ3) is 4.82. The summed E-state index contributed by atoms with van der Waals surface area (Å²) < 4.78 is 5.69. The molecule has 41 heavy (non-hydrogen) atoms. The molecule has 0 aromatic carbocycles. The first kappa shape index (κ1) is 27.5. The highest BCUT2D eigenvalue weighted by atomic mass is 79.9. The number of halogens is 2. The number of nitrogens with one attached hydrogen (secondary N) is 2. The van der Waals surface area contributed by atoms with Crippen molar-refractivity contribution >= 4 is 77.1 Å². The van der Waals surface area contributed by atoms with Crippen LogP contribution in [0.1, 0.15) is 0 Å². The Balaban J connectivity index is 0.000000144. The average molecular weight is 686 g/mol. The Morgan fingerprint density at radius 2 is 1.12 bits per heavy atom. The van der Waals surface area contributed by atoms with Crippen LogP contribution in [0.15, 0.2) is 46.1 Å². The van der Waals surface area contributed by atoms with Gasteiger partial charge in [0, 0.05) is 59.6 Å². The maximum atomic E-state index is 4.65. The second-order valence-corrected chi connectivity index (χ2v) is 11.5. The van der Waals surface area contributed by atoms with E-state index in [-0.39, 0.29) is 5.48 Å². The van der Waals surface area contributed by atoms with Crippen molar-refractivity contribution < 1.29 is 5.48 Å². The van der Waals surface area contributed by atoms with E-state index in [4.69, 9.17) is 0 Å². The van der Waals surface area contributed by atoms with E-state index >= 15 is 0 Å². The first-order valence-corrected chi connectivity index (χ1v) is 14.3. The Morgan fingerprint density at radius 1 is 0.707 bits per heavy atom. The van der Waals surface area contributed by atoms with Gasteiger partial charge in [0.2, 0.25) is 11.3 Å². The highest BCUT2D eigenvalue weighted by Crippen LogP contribution is 2.28. The molecule has 6 aromatic heterocycles. The van der Waals surface area contributed by atoms with Gasteiger partial charge < -0.3 is 25.9 Å². The van der Waals surface area contributed by atoms with E-state index in [9.17, 15) is 0 Å². The summed E-state index contributed by atoms with van der Waals surface area (Å²) in [6.45, 7) is 3.70. The average Bonchev–Trinajstić information content (AvgIpc) is 3.59. The van der Waals surface area contributed by atoms with Crippen molar-refractivity contribution in [3.63, 3.8) is 0 Å². The molecular formula is C24H26Br2N14O. The van der Waals surface area contributed by atoms with E-state index in [1.807, 2.05) is 35.0 Å². The van der Waals surface area contributed by atoms with E-state index < -0.39 is 0 Å². The third-order valence-corrected chi connectivity index (χ3v) is 8.11. The highest BCUT2D eigenvalue weighted by Gasteiger charge is 2.30. The van der Waals surface area contributed by atoms with Gasteiger partial charge in [-0.05, 0) is 58.1 Å². The molecule has 0 atom stereocenters. The molecule has 15 nitrogen and oxygen atoms in total. The van der Waals surface area contributed by atoms with Gasteiger partial charge in [-0.15, -0.1) is 20.4 Å². The summed E-state index contributed by atoms with van der Waals surface area (Å²) in [4.78, 5) is 22.4. The topological polar surface area (TPSA) is 174 Å². The summed E-state index contributed by atoms with van der Waals surface area (Å²) in [5.74, 6) is 1.69. The van der Waals surface area contributed by atoms with E-state index in [1.54, 1.807) is 25.0 Å². The minimum absolute atomic E-state index is 0. The normalized spacial score (nSPS) is 15.6. The number of fused-ring (bicyclic) bond motifs is 6. The molecule has 0 aliphatic carbocycles. The predicted molar refractivity (Wildman–Crippen MR) is 161 cm³/mol. The summed E-state index contributed by atoms with van der Waals surface area (Å²) in [5.41, 5.74) is 4.73. The van der Waals surface area contributed by atoms with Crippen LogP contribution < -0.4 is 20.4 Å². The lowest BCUT2D eigenvalue weighted by atomic mass is 10.1. The van der Waals surface area contributed by atoms with E-state index in [2.05, 4.69) is 92.6 Å². The van der Waals surface area contributed by atoms with Gasteiger partial charge in [-0.1, -0.05) is 0 Å². The van der Waals surface area contributed by atoms with Crippen molar-refractivity contribution in [1.29, 1.82) is 0 Å². The number of anilines is 2. The standard InChI is InChI=1S/2C12H12BrN7.H2O/c2*1-14-8-4-19(5-8)11-12-18-16-6-20(12)9-2-7(13)3-15-10(9)17-11;/h2*2-3,6,8,14H,4-5H2,1H3;1H2. The zero-order chi connectivity index (χ0) is 27.4. The molecule has 0 saturated carbocycles. The van der Waals surface area contributed by atoms with Gasteiger partial charge in [-0.25, -0.2) is 19.9 Å². The van der Waals surface area contributed by atoms with Crippen LogP contribution in [0.25, 0.3) is 33.6 Å². The van der Waals surface area contributed by atoms with Crippen LogP contribution in [-0.2, 0) is 0 Å². The smallest absolute Gasteiger partial charge is 0.204 e. The van der Waals surface area contributed by atoms with Gasteiger partial charge >= 0.3 is 0 Å². The van der Waals surface area contributed by atoms with Gasteiger partial charge in [-0.3, -0.25) is 8.80 Å². The van der Waals surface area contributed by atoms with Crippen molar-refractivity contribution in [3.05, 3.63) is 46.1 Å². The Kier molecular flexibility index (Phi) is 7.37. The van der Waals surface area contributed by atoms with Crippen LogP contribution in [0.3, 0.4) is 0 Å². The van der Waals surface area contributed by atoms with Gasteiger partial charge in [0.1, 0.15) is 12.7 Å². The first-order chi connectivity index (χ1) is 19.5. The second kappa shape index (κ2) is 11.0. The summed E-state index contributed by atoms with van der Waals surface area (Å²) >= 11 is 6.87. The molecule has 17 heteroatoms. The zero-order valence-electron chi connectivity index (χ0n) is 22.1. The Bertz CT molecular complexity index is 1730. The second-order valence-electron chi connectivity index (χ2n) is 9.69. The maximum absolute atomic E-state index is 4.65. The zero-order valence-corrected chi connectivity index (χ0v) is 25.2. The summed E-state index contributed by atoms with van der Waals surface area (Å²) in [6, 6.07) is 4.96. The molecule has 2 aliphatic heterocycles. The lowest BCUT2D eigenvalue weighted by Gasteiger charge is -2.39. The van der Waals surface area contributed by atoms with Crippen LogP contribution in [0, 0.1) is 0 Å². The quantitative estimate of drug-likeness (QED) is 0.268. The third-order valence-electron chi connectivity index (χ3n) is 7.24. The van der Waals surface area contributed by atoms with E-state index in [1.165, 1.54) is 0 Å². The maximum Gasteiger partial charge on any atom is 0.204 e.